The largest absolute Gasteiger partial charge is 0.337 e. The minimum Gasteiger partial charge on any atom is -0.337 e. The van der Waals surface area contributed by atoms with Gasteiger partial charge in [0, 0.05) is 25.4 Å². The average Bonchev–Trinajstić information content (AvgIpc) is 2.69. The molecule has 1 aliphatic carbocycles. The predicted octanol–water partition coefficient (Wildman–Crippen LogP) is 1.88. The van der Waals surface area contributed by atoms with Crippen molar-refractivity contribution >= 4 is 17.5 Å². The lowest BCUT2D eigenvalue weighted by molar-refractivity contribution is -0.131. The van der Waals surface area contributed by atoms with Gasteiger partial charge in [0.2, 0.25) is 5.91 Å². The fraction of sp³-hybridized carbons (Fsp3) is 0.667. The van der Waals surface area contributed by atoms with Crippen LogP contribution in [-0.2, 0) is 18.3 Å². The number of fused-ring (bicyclic) bond motifs is 1. The molecule has 2 unspecified atom stereocenters. The first-order chi connectivity index (χ1) is 8.02. The van der Waals surface area contributed by atoms with Crippen LogP contribution in [0, 0.1) is 0 Å². The van der Waals surface area contributed by atoms with Gasteiger partial charge in [0.1, 0.15) is 5.38 Å². The minimum atomic E-state index is -0.470. The van der Waals surface area contributed by atoms with Gasteiger partial charge in [-0.15, -0.1) is 11.6 Å². The lowest BCUT2D eigenvalue weighted by Gasteiger charge is -2.32. The fourth-order valence-corrected chi connectivity index (χ4v) is 2.67. The molecular formula is C12H18ClN3O. The standard InChI is InChI=1S/C12H18ClN3O/c1-8(13)12(17)15(2)10-5-4-6-11-9(10)7-14-16(11)3/h7-8,10H,4-6H2,1-3H3. The fourth-order valence-electron chi connectivity index (χ4n) is 2.52. The maximum atomic E-state index is 11.9. The number of halogens is 1. The number of aryl methyl sites for hydroxylation is 1. The summed E-state index contributed by atoms with van der Waals surface area (Å²) in [6.45, 7) is 1.72. The summed E-state index contributed by atoms with van der Waals surface area (Å²) in [6, 6.07) is 0.126. The van der Waals surface area contributed by atoms with E-state index in [1.807, 2.05) is 25.0 Å². The molecule has 5 heteroatoms. The van der Waals surface area contributed by atoms with Crippen molar-refractivity contribution in [3.63, 3.8) is 0 Å². The van der Waals surface area contributed by atoms with Crippen LogP contribution in [0.3, 0.4) is 0 Å². The molecule has 2 rings (SSSR count). The van der Waals surface area contributed by atoms with Gasteiger partial charge < -0.3 is 4.90 Å². The van der Waals surface area contributed by atoms with E-state index in [0.717, 1.165) is 19.3 Å². The molecule has 17 heavy (non-hydrogen) atoms. The van der Waals surface area contributed by atoms with Gasteiger partial charge in [0.25, 0.3) is 0 Å². The minimum absolute atomic E-state index is 0.0200. The van der Waals surface area contributed by atoms with Crippen LogP contribution in [0.25, 0.3) is 0 Å². The van der Waals surface area contributed by atoms with E-state index in [9.17, 15) is 4.79 Å². The number of carbonyl (C=O) groups excluding carboxylic acids is 1. The molecule has 0 bridgehead atoms. The van der Waals surface area contributed by atoms with Crippen LogP contribution in [0.2, 0.25) is 0 Å². The molecule has 0 spiro atoms. The maximum absolute atomic E-state index is 11.9. The lowest BCUT2D eigenvalue weighted by atomic mass is 9.92. The number of alkyl halides is 1. The van der Waals surface area contributed by atoms with E-state index < -0.39 is 5.38 Å². The number of carbonyl (C=O) groups is 1. The first kappa shape index (κ1) is 12.4. The molecule has 4 nitrogen and oxygen atoms in total. The molecule has 0 aliphatic heterocycles. The highest BCUT2D eigenvalue weighted by Crippen LogP contribution is 2.33. The third kappa shape index (κ3) is 2.18. The van der Waals surface area contributed by atoms with Crippen LogP contribution >= 0.6 is 11.6 Å². The van der Waals surface area contributed by atoms with E-state index in [1.54, 1.807) is 11.8 Å². The molecule has 1 aliphatic rings. The van der Waals surface area contributed by atoms with Gasteiger partial charge in [0.05, 0.1) is 12.2 Å². The molecule has 1 amide bonds. The normalized spacial score (nSPS) is 20.8. The van der Waals surface area contributed by atoms with E-state index in [-0.39, 0.29) is 11.9 Å². The van der Waals surface area contributed by atoms with Gasteiger partial charge in [-0.25, -0.2) is 0 Å². The summed E-state index contributed by atoms with van der Waals surface area (Å²) in [5.74, 6) is -0.0200. The Hall–Kier alpha value is -1.03. The zero-order valence-electron chi connectivity index (χ0n) is 10.5. The Morgan fingerprint density at radius 3 is 3.06 bits per heavy atom. The van der Waals surface area contributed by atoms with Crippen LogP contribution < -0.4 is 0 Å². The monoisotopic (exact) mass is 255 g/mol. The molecule has 2 atom stereocenters. The third-order valence-corrected chi connectivity index (χ3v) is 3.69. The molecule has 0 fully saturated rings. The molecule has 0 saturated carbocycles. The van der Waals surface area contributed by atoms with E-state index in [4.69, 9.17) is 11.6 Å². The number of hydrogen-bond acceptors (Lipinski definition) is 2. The smallest absolute Gasteiger partial charge is 0.240 e. The van der Waals surface area contributed by atoms with Crippen molar-refractivity contribution in [3.8, 4) is 0 Å². The first-order valence-corrected chi connectivity index (χ1v) is 6.37. The molecule has 94 valence electrons. The van der Waals surface area contributed by atoms with Gasteiger partial charge in [-0.2, -0.15) is 5.10 Å². The Kier molecular flexibility index (Phi) is 3.43. The summed E-state index contributed by atoms with van der Waals surface area (Å²) >= 11 is 5.86. The number of hydrogen-bond donors (Lipinski definition) is 0. The quantitative estimate of drug-likeness (QED) is 0.757. The van der Waals surface area contributed by atoms with Crippen LogP contribution in [-0.4, -0.2) is 33.0 Å². The van der Waals surface area contributed by atoms with Crippen molar-refractivity contribution in [1.82, 2.24) is 14.7 Å². The van der Waals surface area contributed by atoms with Gasteiger partial charge in [-0.3, -0.25) is 9.48 Å². The highest BCUT2D eigenvalue weighted by atomic mass is 35.5. The maximum Gasteiger partial charge on any atom is 0.240 e. The molecule has 0 radical (unpaired) electrons. The molecule has 0 saturated heterocycles. The molecule has 1 heterocycles. The Balaban J connectivity index is 2.26. The zero-order chi connectivity index (χ0) is 12.6. The van der Waals surface area contributed by atoms with Gasteiger partial charge in [0.15, 0.2) is 0 Å². The van der Waals surface area contributed by atoms with E-state index in [0.29, 0.717) is 0 Å². The number of amides is 1. The van der Waals surface area contributed by atoms with E-state index in [1.165, 1.54) is 11.3 Å². The van der Waals surface area contributed by atoms with Crippen molar-refractivity contribution < 1.29 is 4.79 Å². The van der Waals surface area contributed by atoms with E-state index in [2.05, 4.69) is 5.10 Å². The van der Waals surface area contributed by atoms with Crippen LogP contribution in [0.4, 0.5) is 0 Å². The summed E-state index contributed by atoms with van der Waals surface area (Å²) in [4.78, 5) is 13.7. The number of aromatic nitrogens is 2. The zero-order valence-corrected chi connectivity index (χ0v) is 11.2. The lowest BCUT2D eigenvalue weighted by Crippen LogP contribution is -2.37. The van der Waals surface area contributed by atoms with Crippen molar-refractivity contribution in [2.45, 2.75) is 37.6 Å². The Labute approximate surface area is 107 Å². The SMILES string of the molecule is CC(Cl)C(=O)N(C)C1CCCc2c1cnn2C. The van der Waals surface area contributed by atoms with Crippen molar-refractivity contribution in [3.05, 3.63) is 17.5 Å². The van der Waals surface area contributed by atoms with Crippen molar-refractivity contribution in [2.24, 2.45) is 7.05 Å². The van der Waals surface area contributed by atoms with Crippen LogP contribution in [0.15, 0.2) is 6.20 Å². The van der Waals surface area contributed by atoms with Gasteiger partial charge >= 0.3 is 0 Å². The average molecular weight is 256 g/mol. The summed E-state index contributed by atoms with van der Waals surface area (Å²) in [7, 11) is 3.78. The van der Waals surface area contributed by atoms with E-state index >= 15 is 0 Å². The molecule has 1 aromatic heterocycles. The molecule has 1 aromatic rings. The first-order valence-electron chi connectivity index (χ1n) is 5.94. The molecular weight excluding hydrogens is 238 g/mol. The molecule has 0 aromatic carbocycles. The second-order valence-electron chi connectivity index (χ2n) is 4.64. The van der Waals surface area contributed by atoms with Gasteiger partial charge in [-0.05, 0) is 26.2 Å². The van der Waals surface area contributed by atoms with Crippen molar-refractivity contribution in [1.29, 1.82) is 0 Å². The summed E-state index contributed by atoms with van der Waals surface area (Å²) in [5.41, 5.74) is 2.41. The van der Waals surface area contributed by atoms with Gasteiger partial charge in [-0.1, -0.05) is 0 Å². The Bertz CT molecular complexity index is 427. The van der Waals surface area contributed by atoms with Crippen LogP contribution in [0.1, 0.15) is 37.1 Å². The topological polar surface area (TPSA) is 38.1 Å². The Morgan fingerprint density at radius 1 is 1.71 bits per heavy atom. The van der Waals surface area contributed by atoms with Crippen molar-refractivity contribution in [2.75, 3.05) is 7.05 Å². The third-order valence-electron chi connectivity index (χ3n) is 3.50. The highest BCUT2D eigenvalue weighted by molar-refractivity contribution is 6.30. The van der Waals surface area contributed by atoms with Crippen LogP contribution in [0.5, 0.6) is 0 Å². The number of rotatable bonds is 2. The Morgan fingerprint density at radius 2 is 2.41 bits per heavy atom. The second-order valence-corrected chi connectivity index (χ2v) is 5.30. The molecule has 0 N–H and O–H groups in total. The number of nitrogens with zero attached hydrogens (tertiary/aromatic N) is 3. The second kappa shape index (κ2) is 4.69. The summed E-state index contributed by atoms with van der Waals surface area (Å²) in [5, 5.41) is 3.81. The summed E-state index contributed by atoms with van der Waals surface area (Å²) < 4.78 is 1.91. The highest BCUT2D eigenvalue weighted by Gasteiger charge is 2.30. The summed E-state index contributed by atoms with van der Waals surface area (Å²) in [6.07, 6.45) is 5.00. The predicted molar refractivity (Wildman–Crippen MR) is 67.0 cm³/mol.